The molecule has 0 unspecified atom stereocenters. The summed E-state index contributed by atoms with van der Waals surface area (Å²) in [6.45, 7) is 7.37. The van der Waals surface area contributed by atoms with Gasteiger partial charge in [0.1, 0.15) is 12.4 Å². The van der Waals surface area contributed by atoms with E-state index < -0.39 is 0 Å². The molecular formula is C13H18FNO2. The maximum atomic E-state index is 13.0. The Bertz CT molecular complexity index is 410. The van der Waals surface area contributed by atoms with Gasteiger partial charge in [0.2, 0.25) is 5.91 Å². The summed E-state index contributed by atoms with van der Waals surface area (Å²) in [4.78, 5) is 11.6. The molecule has 0 bridgehead atoms. The van der Waals surface area contributed by atoms with E-state index in [0.717, 1.165) is 5.56 Å². The van der Waals surface area contributed by atoms with Crippen molar-refractivity contribution in [2.75, 3.05) is 11.9 Å². The van der Waals surface area contributed by atoms with Crippen molar-refractivity contribution in [1.29, 1.82) is 0 Å². The molecule has 1 rings (SSSR count). The minimum atomic E-state index is -0.373. The number of amides is 1. The lowest BCUT2D eigenvalue weighted by atomic mass is 10.2. The van der Waals surface area contributed by atoms with Crippen molar-refractivity contribution in [3.05, 3.63) is 29.6 Å². The van der Waals surface area contributed by atoms with Crippen molar-refractivity contribution in [3.63, 3.8) is 0 Å². The monoisotopic (exact) mass is 239 g/mol. The quantitative estimate of drug-likeness (QED) is 0.880. The van der Waals surface area contributed by atoms with Gasteiger partial charge < -0.3 is 10.1 Å². The normalized spacial score (nSPS) is 11.4. The topological polar surface area (TPSA) is 38.3 Å². The van der Waals surface area contributed by atoms with E-state index in [4.69, 9.17) is 4.74 Å². The van der Waals surface area contributed by atoms with Crippen molar-refractivity contribution in [2.45, 2.75) is 33.3 Å². The van der Waals surface area contributed by atoms with Gasteiger partial charge in [0.05, 0.1) is 5.60 Å². The molecule has 1 N–H and O–H groups in total. The largest absolute Gasteiger partial charge is 0.366 e. The van der Waals surface area contributed by atoms with E-state index in [0.29, 0.717) is 5.69 Å². The van der Waals surface area contributed by atoms with Crippen LogP contribution in [0, 0.1) is 12.7 Å². The van der Waals surface area contributed by atoms with Crippen LogP contribution in [0.25, 0.3) is 0 Å². The minimum absolute atomic E-state index is 0.0422. The first-order chi connectivity index (χ1) is 7.78. The van der Waals surface area contributed by atoms with Crippen molar-refractivity contribution in [3.8, 4) is 0 Å². The van der Waals surface area contributed by atoms with Crippen LogP contribution in [0.5, 0.6) is 0 Å². The highest BCUT2D eigenvalue weighted by Gasteiger charge is 2.13. The van der Waals surface area contributed by atoms with Gasteiger partial charge in [-0.05, 0) is 45.4 Å². The standard InChI is InChI=1S/C13H18FNO2/c1-9-5-6-10(14)7-11(9)15-12(16)8-17-13(2,3)4/h5-7H,8H2,1-4H3,(H,15,16). The molecule has 0 aromatic heterocycles. The van der Waals surface area contributed by atoms with Crippen molar-refractivity contribution in [2.24, 2.45) is 0 Å². The minimum Gasteiger partial charge on any atom is -0.366 e. The summed E-state index contributed by atoms with van der Waals surface area (Å²) >= 11 is 0. The number of carbonyl (C=O) groups is 1. The number of anilines is 1. The Morgan fingerprint density at radius 3 is 2.65 bits per heavy atom. The summed E-state index contributed by atoms with van der Waals surface area (Å²) in [6.07, 6.45) is 0. The van der Waals surface area contributed by atoms with Crippen molar-refractivity contribution in [1.82, 2.24) is 0 Å². The molecule has 0 aliphatic carbocycles. The van der Waals surface area contributed by atoms with Crippen LogP contribution in [-0.2, 0) is 9.53 Å². The number of rotatable bonds is 3. The molecule has 0 heterocycles. The molecule has 0 spiro atoms. The number of carbonyl (C=O) groups excluding carboxylic acids is 1. The Balaban J connectivity index is 2.59. The zero-order valence-electron chi connectivity index (χ0n) is 10.6. The summed E-state index contributed by atoms with van der Waals surface area (Å²) in [5.74, 6) is -0.656. The van der Waals surface area contributed by atoms with Crippen LogP contribution < -0.4 is 5.32 Å². The molecule has 0 saturated carbocycles. The first kappa shape index (κ1) is 13.6. The van der Waals surface area contributed by atoms with E-state index in [-0.39, 0.29) is 23.9 Å². The molecular weight excluding hydrogens is 221 g/mol. The van der Waals surface area contributed by atoms with Gasteiger partial charge >= 0.3 is 0 Å². The Morgan fingerprint density at radius 1 is 1.41 bits per heavy atom. The van der Waals surface area contributed by atoms with Gasteiger partial charge in [-0.25, -0.2) is 4.39 Å². The summed E-state index contributed by atoms with van der Waals surface area (Å²) < 4.78 is 18.3. The SMILES string of the molecule is Cc1ccc(F)cc1NC(=O)COC(C)(C)C. The summed E-state index contributed by atoms with van der Waals surface area (Å²) in [7, 11) is 0. The number of benzene rings is 1. The van der Waals surface area contributed by atoms with E-state index in [1.807, 2.05) is 20.8 Å². The summed E-state index contributed by atoms with van der Waals surface area (Å²) in [5, 5.41) is 2.62. The third kappa shape index (κ3) is 4.95. The predicted octanol–water partition coefficient (Wildman–Crippen LogP) is 2.89. The molecule has 1 aromatic carbocycles. The number of halogens is 1. The number of hydrogen-bond donors (Lipinski definition) is 1. The third-order valence-electron chi connectivity index (χ3n) is 2.11. The second kappa shape index (κ2) is 5.27. The van der Waals surface area contributed by atoms with Crippen molar-refractivity contribution < 1.29 is 13.9 Å². The van der Waals surface area contributed by atoms with Gasteiger partial charge in [0.25, 0.3) is 0 Å². The highest BCUT2D eigenvalue weighted by atomic mass is 19.1. The van der Waals surface area contributed by atoms with Gasteiger partial charge in [-0.1, -0.05) is 6.07 Å². The van der Waals surface area contributed by atoms with E-state index >= 15 is 0 Å². The molecule has 4 heteroatoms. The fourth-order valence-corrected chi connectivity index (χ4v) is 1.20. The molecule has 1 aromatic rings. The second-order valence-electron chi connectivity index (χ2n) is 4.91. The zero-order valence-corrected chi connectivity index (χ0v) is 10.6. The average Bonchev–Trinajstić information content (AvgIpc) is 2.20. The van der Waals surface area contributed by atoms with Crippen LogP contribution in [0.15, 0.2) is 18.2 Å². The second-order valence-corrected chi connectivity index (χ2v) is 4.91. The molecule has 0 saturated heterocycles. The Morgan fingerprint density at radius 2 is 2.06 bits per heavy atom. The average molecular weight is 239 g/mol. The van der Waals surface area contributed by atoms with Crippen LogP contribution in [0.4, 0.5) is 10.1 Å². The lowest BCUT2D eigenvalue weighted by molar-refractivity contribution is -0.125. The third-order valence-corrected chi connectivity index (χ3v) is 2.11. The van der Waals surface area contributed by atoms with Gasteiger partial charge in [-0.3, -0.25) is 4.79 Å². The maximum Gasteiger partial charge on any atom is 0.250 e. The van der Waals surface area contributed by atoms with E-state index in [1.54, 1.807) is 13.0 Å². The smallest absolute Gasteiger partial charge is 0.250 e. The lowest BCUT2D eigenvalue weighted by Gasteiger charge is -2.19. The first-order valence-corrected chi connectivity index (χ1v) is 5.48. The van der Waals surface area contributed by atoms with Gasteiger partial charge in [0.15, 0.2) is 0 Å². The molecule has 0 aliphatic rings. The van der Waals surface area contributed by atoms with Crippen LogP contribution in [0.1, 0.15) is 26.3 Å². The highest BCUT2D eigenvalue weighted by Crippen LogP contribution is 2.16. The molecule has 0 atom stereocenters. The van der Waals surface area contributed by atoms with E-state index in [2.05, 4.69) is 5.32 Å². The molecule has 94 valence electrons. The molecule has 1 amide bonds. The molecule has 0 aliphatic heterocycles. The van der Waals surface area contributed by atoms with Crippen LogP contribution in [0.3, 0.4) is 0 Å². The molecule has 0 radical (unpaired) electrons. The Labute approximate surface area is 101 Å². The zero-order chi connectivity index (χ0) is 13.1. The van der Waals surface area contributed by atoms with Gasteiger partial charge in [-0.2, -0.15) is 0 Å². The van der Waals surface area contributed by atoms with Crippen LogP contribution in [0.2, 0.25) is 0 Å². The lowest BCUT2D eigenvalue weighted by Crippen LogP contribution is -2.27. The van der Waals surface area contributed by atoms with Gasteiger partial charge in [0, 0.05) is 5.69 Å². The van der Waals surface area contributed by atoms with Crippen LogP contribution >= 0.6 is 0 Å². The molecule has 0 fully saturated rings. The number of nitrogens with one attached hydrogen (secondary N) is 1. The van der Waals surface area contributed by atoms with E-state index in [9.17, 15) is 9.18 Å². The predicted molar refractivity (Wildman–Crippen MR) is 65.5 cm³/mol. The fraction of sp³-hybridized carbons (Fsp3) is 0.462. The molecule has 3 nitrogen and oxygen atoms in total. The Kier molecular flexibility index (Phi) is 4.23. The summed E-state index contributed by atoms with van der Waals surface area (Å²) in [6, 6.07) is 4.27. The number of ether oxygens (including phenoxy) is 1. The number of hydrogen-bond acceptors (Lipinski definition) is 2. The fourth-order valence-electron chi connectivity index (χ4n) is 1.20. The van der Waals surface area contributed by atoms with Crippen LogP contribution in [-0.4, -0.2) is 18.1 Å². The number of aryl methyl sites for hydroxylation is 1. The first-order valence-electron chi connectivity index (χ1n) is 5.48. The maximum absolute atomic E-state index is 13.0. The highest BCUT2D eigenvalue weighted by molar-refractivity contribution is 5.92. The van der Waals surface area contributed by atoms with Crippen molar-refractivity contribution >= 4 is 11.6 Å². The van der Waals surface area contributed by atoms with Gasteiger partial charge in [-0.15, -0.1) is 0 Å². The molecule has 17 heavy (non-hydrogen) atoms. The van der Waals surface area contributed by atoms with E-state index in [1.165, 1.54) is 12.1 Å². The Hall–Kier alpha value is -1.42. The summed E-state index contributed by atoms with van der Waals surface area (Å²) in [5.41, 5.74) is 0.928.